The molecule has 0 unspecified atom stereocenters. The van der Waals surface area contributed by atoms with Gasteiger partial charge in [-0.1, -0.05) is 56.7 Å². The summed E-state index contributed by atoms with van der Waals surface area (Å²) in [4.78, 5) is 20.3. The molecule has 1 aliphatic rings. The maximum atomic E-state index is 14.0. The SMILES string of the molecule is Cc1ccc(S(=O)(=O)N[C@@H]2CCC(C)(C)c3ccc(N(Cc4nccn4C)C(=O)C[C@@H](C)c4cccc(F)c4)cc32)cc1. The van der Waals surface area contributed by atoms with Crippen LogP contribution >= 0.6 is 0 Å². The number of carbonyl (C=O) groups excluding carboxylic acids is 1. The van der Waals surface area contributed by atoms with Crippen molar-refractivity contribution in [3.05, 3.63) is 113 Å². The van der Waals surface area contributed by atoms with Gasteiger partial charge in [-0.25, -0.2) is 22.5 Å². The first-order valence-corrected chi connectivity index (χ1v) is 16.1. The molecule has 0 fully saturated rings. The lowest BCUT2D eigenvalue weighted by Crippen LogP contribution is -2.37. The van der Waals surface area contributed by atoms with Crippen molar-refractivity contribution in [3.63, 3.8) is 0 Å². The fourth-order valence-electron chi connectivity index (χ4n) is 5.83. The van der Waals surface area contributed by atoms with Gasteiger partial charge in [-0.2, -0.15) is 0 Å². The normalized spacial score (nSPS) is 16.8. The van der Waals surface area contributed by atoms with Crippen LogP contribution < -0.4 is 9.62 Å². The molecule has 43 heavy (non-hydrogen) atoms. The van der Waals surface area contributed by atoms with Crippen molar-refractivity contribution in [2.45, 2.75) is 75.8 Å². The van der Waals surface area contributed by atoms with Crippen LogP contribution in [0.15, 0.2) is 84.0 Å². The van der Waals surface area contributed by atoms with E-state index in [4.69, 9.17) is 0 Å². The zero-order valence-electron chi connectivity index (χ0n) is 25.3. The highest BCUT2D eigenvalue weighted by molar-refractivity contribution is 7.89. The summed E-state index contributed by atoms with van der Waals surface area (Å²) in [5, 5.41) is 0. The predicted molar refractivity (Wildman–Crippen MR) is 167 cm³/mol. The van der Waals surface area contributed by atoms with E-state index in [-0.39, 0.29) is 40.9 Å². The second kappa shape index (κ2) is 12.1. The van der Waals surface area contributed by atoms with Gasteiger partial charge in [-0.3, -0.25) is 4.79 Å². The van der Waals surface area contributed by atoms with Crippen LogP contribution in [0.1, 0.15) is 80.1 Å². The molecule has 1 N–H and O–H groups in total. The number of sulfonamides is 1. The summed E-state index contributed by atoms with van der Waals surface area (Å²) in [5.74, 6) is 0.0313. The molecular formula is C34H39FN4O3S. The van der Waals surface area contributed by atoms with Crippen LogP contribution in [-0.2, 0) is 33.8 Å². The van der Waals surface area contributed by atoms with E-state index in [2.05, 4.69) is 23.6 Å². The minimum atomic E-state index is -3.78. The van der Waals surface area contributed by atoms with Gasteiger partial charge in [0.2, 0.25) is 15.9 Å². The number of benzene rings is 3. The average molecular weight is 603 g/mol. The van der Waals surface area contributed by atoms with Crippen LogP contribution in [0.3, 0.4) is 0 Å². The highest BCUT2D eigenvalue weighted by Gasteiger charge is 2.35. The largest absolute Gasteiger partial charge is 0.337 e. The van der Waals surface area contributed by atoms with Crippen molar-refractivity contribution in [1.82, 2.24) is 14.3 Å². The lowest BCUT2D eigenvalue weighted by Gasteiger charge is -2.38. The van der Waals surface area contributed by atoms with Crippen molar-refractivity contribution in [3.8, 4) is 0 Å². The monoisotopic (exact) mass is 602 g/mol. The molecule has 0 saturated heterocycles. The van der Waals surface area contributed by atoms with Crippen LogP contribution in [0, 0.1) is 12.7 Å². The van der Waals surface area contributed by atoms with E-state index >= 15 is 0 Å². The van der Waals surface area contributed by atoms with Crippen LogP contribution in [0.5, 0.6) is 0 Å². The van der Waals surface area contributed by atoms with Crippen molar-refractivity contribution >= 4 is 21.6 Å². The number of aryl methyl sites for hydroxylation is 2. The van der Waals surface area contributed by atoms with Crippen molar-refractivity contribution < 1.29 is 17.6 Å². The van der Waals surface area contributed by atoms with Crippen LogP contribution in [-0.4, -0.2) is 23.9 Å². The van der Waals surface area contributed by atoms with E-state index in [1.54, 1.807) is 41.4 Å². The predicted octanol–water partition coefficient (Wildman–Crippen LogP) is 6.69. The molecule has 0 radical (unpaired) electrons. The van der Waals surface area contributed by atoms with Gasteiger partial charge in [0.1, 0.15) is 11.6 Å². The number of hydrogen-bond donors (Lipinski definition) is 1. The van der Waals surface area contributed by atoms with E-state index in [9.17, 15) is 17.6 Å². The Morgan fingerprint density at radius 1 is 1.14 bits per heavy atom. The second-order valence-electron chi connectivity index (χ2n) is 12.3. The van der Waals surface area contributed by atoms with Gasteiger partial charge < -0.3 is 9.47 Å². The second-order valence-corrected chi connectivity index (χ2v) is 14.0. The fourth-order valence-corrected chi connectivity index (χ4v) is 7.08. The Hall–Kier alpha value is -3.82. The average Bonchev–Trinajstić information content (AvgIpc) is 3.37. The molecule has 1 aliphatic carbocycles. The first-order valence-electron chi connectivity index (χ1n) is 14.6. The van der Waals surface area contributed by atoms with Gasteiger partial charge in [-0.05, 0) is 84.2 Å². The van der Waals surface area contributed by atoms with E-state index in [1.165, 1.54) is 12.1 Å². The van der Waals surface area contributed by atoms with Crippen molar-refractivity contribution in [1.29, 1.82) is 0 Å². The third-order valence-corrected chi connectivity index (χ3v) is 10.0. The topological polar surface area (TPSA) is 84.3 Å². The maximum Gasteiger partial charge on any atom is 0.241 e. The molecule has 0 bridgehead atoms. The fraction of sp³-hybridized carbons (Fsp3) is 0.353. The van der Waals surface area contributed by atoms with Gasteiger partial charge in [0.15, 0.2) is 0 Å². The van der Waals surface area contributed by atoms with Gasteiger partial charge >= 0.3 is 0 Å². The van der Waals surface area contributed by atoms with Gasteiger partial charge in [0, 0.05) is 37.6 Å². The van der Waals surface area contributed by atoms with E-state index in [0.29, 0.717) is 17.9 Å². The summed E-state index contributed by atoms with van der Waals surface area (Å²) in [7, 11) is -1.90. The van der Waals surface area contributed by atoms with E-state index in [0.717, 1.165) is 28.7 Å². The third-order valence-electron chi connectivity index (χ3n) is 8.56. The first-order chi connectivity index (χ1) is 20.3. The maximum absolute atomic E-state index is 14.0. The molecule has 5 rings (SSSR count). The third kappa shape index (κ3) is 6.73. The minimum absolute atomic E-state index is 0.133. The summed E-state index contributed by atoms with van der Waals surface area (Å²) in [6, 6.07) is 18.6. The molecule has 0 aliphatic heterocycles. The molecule has 2 atom stereocenters. The summed E-state index contributed by atoms with van der Waals surface area (Å²) in [6.45, 7) is 8.39. The number of carbonyl (C=O) groups is 1. The Bertz CT molecular complexity index is 1730. The van der Waals surface area contributed by atoms with E-state index < -0.39 is 16.1 Å². The Labute approximate surface area is 253 Å². The summed E-state index contributed by atoms with van der Waals surface area (Å²) in [5.41, 5.74) is 4.15. The molecule has 1 amide bonds. The quantitative estimate of drug-likeness (QED) is 0.232. The Morgan fingerprint density at radius 3 is 2.56 bits per heavy atom. The molecule has 4 aromatic rings. The van der Waals surface area contributed by atoms with Crippen LogP contribution in [0.2, 0.25) is 0 Å². The highest BCUT2D eigenvalue weighted by Crippen LogP contribution is 2.43. The number of hydrogen-bond acceptors (Lipinski definition) is 4. The van der Waals surface area contributed by atoms with Gasteiger partial charge in [0.25, 0.3) is 0 Å². The molecule has 226 valence electrons. The lowest BCUT2D eigenvalue weighted by atomic mass is 9.71. The van der Waals surface area contributed by atoms with Crippen molar-refractivity contribution in [2.24, 2.45) is 7.05 Å². The molecule has 7 nitrogen and oxygen atoms in total. The number of halogens is 1. The summed E-state index contributed by atoms with van der Waals surface area (Å²) >= 11 is 0. The first kappa shape index (κ1) is 30.6. The molecule has 0 spiro atoms. The Morgan fingerprint density at radius 2 is 1.88 bits per heavy atom. The van der Waals surface area contributed by atoms with Crippen molar-refractivity contribution in [2.75, 3.05) is 4.90 Å². The molecule has 9 heteroatoms. The Kier molecular flexibility index (Phi) is 8.58. The standard InChI is InChI=1S/C34H39FN4O3S/c1-23-9-12-28(13-10-23)43(41,42)37-31-15-16-34(3,4)30-14-11-27(21-29(30)31)39(22-32-36-17-18-38(32)5)33(40)19-24(2)25-7-6-8-26(35)20-25/h6-14,17-18,20-21,24,31,37H,15-16,19,22H2,1-5H3/t24-,31-/m1/s1. The number of amides is 1. The summed E-state index contributed by atoms with van der Waals surface area (Å²) < 4.78 is 45.6. The zero-order chi connectivity index (χ0) is 30.9. The molecule has 1 aromatic heterocycles. The van der Waals surface area contributed by atoms with Crippen LogP contribution in [0.4, 0.5) is 10.1 Å². The van der Waals surface area contributed by atoms with Crippen LogP contribution in [0.25, 0.3) is 0 Å². The number of nitrogens with one attached hydrogen (secondary N) is 1. The number of aromatic nitrogens is 2. The number of rotatable bonds is 9. The number of imidazole rings is 1. The van der Waals surface area contributed by atoms with E-state index in [1.807, 2.05) is 55.9 Å². The zero-order valence-corrected chi connectivity index (χ0v) is 26.2. The number of nitrogens with zero attached hydrogens (tertiary/aromatic N) is 3. The van der Waals surface area contributed by atoms with Gasteiger partial charge in [0.05, 0.1) is 11.4 Å². The Balaban J connectivity index is 1.51. The highest BCUT2D eigenvalue weighted by atomic mass is 32.2. The smallest absolute Gasteiger partial charge is 0.241 e. The lowest BCUT2D eigenvalue weighted by molar-refractivity contribution is -0.119. The molecular weight excluding hydrogens is 563 g/mol. The molecule has 3 aromatic carbocycles. The minimum Gasteiger partial charge on any atom is -0.337 e. The number of anilines is 1. The number of fused-ring (bicyclic) bond motifs is 1. The van der Waals surface area contributed by atoms with Gasteiger partial charge in [-0.15, -0.1) is 0 Å². The molecule has 0 saturated carbocycles. The summed E-state index contributed by atoms with van der Waals surface area (Å²) in [6.07, 6.45) is 5.12. The molecule has 1 heterocycles.